The molecule has 0 N–H and O–H groups in total. The molecule has 1 aromatic rings. The fourth-order valence-electron chi connectivity index (χ4n) is 2.90. The lowest BCUT2D eigenvalue weighted by molar-refractivity contribution is 0.288. The summed E-state index contributed by atoms with van der Waals surface area (Å²) < 4.78 is 5.58. The fourth-order valence-corrected chi connectivity index (χ4v) is 2.90. The highest BCUT2D eigenvalue weighted by molar-refractivity contribution is 5.55. The standard InChI is InChI=1S/C20H30N2O/c1-16(2)7-6-10-21-11-13-22(14-12-21)18-8-9-19(17(3)4)20(15-18)23-5/h8-9,15-17H,10-14H2,1-5H3. The summed E-state index contributed by atoms with van der Waals surface area (Å²) in [5.74, 6) is 8.48. The Morgan fingerprint density at radius 1 is 1.09 bits per heavy atom. The highest BCUT2D eigenvalue weighted by atomic mass is 16.5. The highest BCUT2D eigenvalue weighted by Crippen LogP contribution is 2.31. The van der Waals surface area contributed by atoms with Crippen LogP contribution in [0, 0.1) is 17.8 Å². The van der Waals surface area contributed by atoms with Crippen LogP contribution in [0.2, 0.25) is 0 Å². The number of benzene rings is 1. The van der Waals surface area contributed by atoms with Gasteiger partial charge in [-0.15, -0.1) is 0 Å². The van der Waals surface area contributed by atoms with Crippen LogP contribution in [0.25, 0.3) is 0 Å². The number of anilines is 1. The Labute approximate surface area is 141 Å². The lowest BCUT2D eigenvalue weighted by atomic mass is 10.0. The molecular formula is C20H30N2O. The summed E-state index contributed by atoms with van der Waals surface area (Å²) in [5, 5.41) is 0. The van der Waals surface area contributed by atoms with E-state index in [1.54, 1.807) is 7.11 Å². The molecule has 1 fully saturated rings. The first-order valence-electron chi connectivity index (χ1n) is 8.65. The zero-order valence-corrected chi connectivity index (χ0v) is 15.2. The number of rotatable bonds is 4. The van der Waals surface area contributed by atoms with Gasteiger partial charge in [-0.3, -0.25) is 4.90 Å². The second-order valence-corrected chi connectivity index (χ2v) is 6.82. The van der Waals surface area contributed by atoms with Gasteiger partial charge in [-0.1, -0.05) is 45.6 Å². The van der Waals surface area contributed by atoms with Gasteiger partial charge in [-0.25, -0.2) is 0 Å². The van der Waals surface area contributed by atoms with Crippen LogP contribution in [0.1, 0.15) is 39.2 Å². The molecular weight excluding hydrogens is 284 g/mol. The van der Waals surface area contributed by atoms with E-state index < -0.39 is 0 Å². The van der Waals surface area contributed by atoms with Gasteiger partial charge in [0, 0.05) is 43.9 Å². The Kier molecular flexibility index (Phi) is 6.36. The molecule has 1 saturated heterocycles. The van der Waals surface area contributed by atoms with E-state index in [1.807, 2.05) is 0 Å². The van der Waals surface area contributed by atoms with Gasteiger partial charge in [0.25, 0.3) is 0 Å². The first-order chi connectivity index (χ1) is 11.0. The van der Waals surface area contributed by atoms with Crippen molar-refractivity contribution in [3.05, 3.63) is 23.8 Å². The van der Waals surface area contributed by atoms with Crippen LogP contribution in [-0.2, 0) is 0 Å². The van der Waals surface area contributed by atoms with E-state index in [0.717, 1.165) is 38.5 Å². The van der Waals surface area contributed by atoms with Gasteiger partial charge in [0.1, 0.15) is 5.75 Å². The Morgan fingerprint density at radius 3 is 2.35 bits per heavy atom. The zero-order valence-electron chi connectivity index (χ0n) is 15.2. The predicted octanol–water partition coefficient (Wildman–Crippen LogP) is 3.60. The van der Waals surface area contributed by atoms with Gasteiger partial charge < -0.3 is 9.64 Å². The van der Waals surface area contributed by atoms with Crippen molar-refractivity contribution in [2.75, 3.05) is 44.7 Å². The summed E-state index contributed by atoms with van der Waals surface area (Å²) in [5.41, 5.74) is 2.54. The van der Waals surface area contributed by atoms with Gasteiger partial charge in [-0.05, 0) is 17.5 Å². The maximum atomic E-state index is 5.58. The highest BCUT2D eigenvalue weighted by Gasteiger charge is 2.18. The fraction of sp³-hybridized carbons (Fsp3) is 0.600. The molecule has 23 heavy (non-hydrogen) atoms. The Bertz CT molecular complexity index is 561. The molecule has 0 radical (unpaired) electrons. The van der Waals surface area contributed by atoms with Crippen LogP contribution in [-0.4, -0.2) is 44.7 Å². The molecule has 1 heterocycles. The number of methoxy groups -OCH3 is 1. The van der Waals surface area contributed by atoms with Crippen molar-refractivity contribution in [2.45, 2.75) is 33.6 Å². The third-order valence-corrected chi connectivity index (χ3v) is 4.27. The van der Waals surface area contributed by atoms with Crippen LogP contribution in [0.4, 0.5) is 5.69 Å². The van der Waals surface area contributed by atoms with Gasteiger partial charge in [-0.2, -0.15) is 0 Å². The van der Waals surface area contributed by atoms with Crippen LogP contribution in [0.5, 0.6) is 5.75 Å². The third kappa shape index (κ3) is 4.91. The smallest absolute Gasteiger partial charge is 0.124 e. The van der Waals surface area contributed by atoms with E-state index in [-0.39, 0.29) is 0 Å². The summed E-state index contributed by atoms with van der Waals surface area (Å²) in [6, 6.07) is 6.62. The summed E-state index contributed by atoms with van der Waals surface area (Å²) in [6.07, 6.45) is 0. The van der Waals surface area contributed by atoms with E-state index in [4.69, 9.17) is 4.74 Å². The van der Waals surface area contributed by atoms with E-state index in [0.29, 0.717) is 11.8 Å². The Morgan fingerprint density at radius 2 is 1.78 bits per heavy atom. The second-order valence-electron chi connectivity index (χ2n) is 6.82. The largest absolute Gasteiger partial charge is 0.496 e. The maximum Gasteiger partial charge on any atom is 0.124 e. The molecule has 0 atom stereocenters. The number of hydrogen-bond acceptors (Lipinski definition) is 3. The molecule has 1 aromatic carbocycles. The summed E-state index contributed by atoms with van der Waals surface area (Å²) >= 11 is 0. The SMILES string of the molecule is COc1cc(N2CCN(CC#CC(C)C)CC2)ccc1C(C)C. The van der Waals surface area contributed by atoms with E-state index in [9.17, 15) is 0 Å². The monoisotopic (exact) mass is 314 g/mol. The summed E-state index contributed by atoms with van der Waals surface area (Å²) in [6.45, 7) is 13.8. The topological polar surface area (TPSA) is 15.7 Å². The number of hydrogen-bond donors (Lipinski definition) is 0. The Balaban J connectivity index is 1.96. The molecule has 2 rings (SSSR count). The quantitative estimate of drug-likeness (QED) is 0.790. The normalized spacial score (nSPS) is 15.7. The molecule has 0 aromatic heterocycles. The molecule has 0 spiro atoms. The van der Waals surface area contributed by atoms with Crippen molar-refractivity contribution in [1.29, 1.82) is 0 Å². The lowest BCUT2D eigenvalue weighted by Gasteiger charge is -2.35. The van der Waals surface area contributed by atoms with Crippen LogP contribution < -0.4 is 9.64 Å². The average molecular weight is 314 g/mol. The Hall–Kier alpha value is -1.66. The molecule has 126 valence electrons. The first kappa shape index (κ1) is 17.7. The van der Waals surface area contributed by atoms with Crippen molar-refractivity contribution >= 4 is 5.69 Å². The average Bonchev–Trinajstić information content (AvgIpc) is 2.54. The van der Waals surface area contributed by atoms with Crippen molar-refractivity contribution in [3.8, 4) is 17.6 Å². The zero-order chi connectivity index (χ0) is 16.8. The van der Waals surface area contributed by atoms with Crippen molar-refractivity contribution < 1.29 is 4.74 Å². The first-order valence-corrected chi connectivity index (χ1v) is 8.65. The molecule has 3 nitrogen and oxygen atoms in total. The molecule has 0 saturated carbocycles. The molecule has 0 unspecified atom stereocenters. The minimum absolute atomic E-state index is 0.461. The van der Waals surface area contributed by atoms with Crippen LogP contribution >= 0.6 is 0 Å². The van der Waals surface area contributed by atoms with Crippen molar-refractivity contribution in [3.63, 3.8) is 0 Å². The molecule has 0 aliphatic carbocycles. The molecule has 1 aliphatic rings. The van der Waals surface area contributed by atoms with Gasteiger partial charge in [0.05, 0.1) is 13.7 Å². The van der Waals surface area contributed by atoms with E-state index in [2.05, 4.69) is 67.5 Å². The minimum Gasteiger partial charge on any atom is -0.496 e. The van der Waals surface area contributed by atoms with Crippen LogP contribution in [0.15, 0.2) is 18.2 Å². The van der Waals surface area contributed by atoms with Gasteiger partial charge in [0.2, 0.25) is 0 Å². The minimum atomic E-state index is 0.461. The number of ether oxygens (including phenoxy) is 1. The number of nitrogens with zero attached hydrogens (tertiary/aromatic N) is 2. The number of piperazine rings is 1. The third-order valence-electron chi connectivity index (χ3n) is 4.27. The summed E-state index contributed by atoms with van der Waals surface area (Å²) in [7, 11) is 1.76. The van der Waals surface area contributed by atoms with Crippen molar-refractivity contribution in [2.24, 2.45) is 5.92 Å². The van der Waals surface area contributed by atoms with Crippen molar-refractivity contribution in [1.82, 2.24) is 4.90 Å². The lowest BCUT2D eigenvalue weighted by Crippen LogP contribution is -2.46. The predicted molar refractivity (Wildman–Crippen MR) is 98.4 cm³/mol. The molecule has 0 amide bonds. The van der Waals surface area contributed by atoms with Gasteiger partial charge >= 0.3 is 0 Å². The molecule has 0 bridgehead atoms. The van der Waals surface area contributed by atoms with E-state index in [1.165, 1.54) is 11.3 Å². The van der Waals surface area contributed by atoms with E-state index >= 15 is 0 Å². The van der Waals surface area contributed by atoms with Gasteiger partial charge in [0.15, 0.2) is 0 Å². The summed E-state index contributed by atoms with van der Waals surface area (Å²) in [4.78, 5) is 4.88. The maximum absolute atomic E-state index is 5.58. The molecule has 1 aliphatic heterocycles. The second kappa shape index (κ2) is 8.26. The van der Waals surface area contributed by atoms with Crippen LogP contribution in [0.3, 0.4) is 0 Å². The molecule has 3 heteroatoms.